The van der Waals surface area contributed by atoms with Crippen LogP contribution in [0.4, 0.5) is 4.79 Å². The number of benzene rings is 1. The standard InChI is InChI=1S/C17H21N3O2S/c1-3-14(16-18-8-9-23-16)20-17(21)19-11(2)13-10-22-15-7-5-4-6-12(13)15/h4-9,11,13-14H,3,10H2,1-2H3,(H2,19,20,21)/t11-,13-,14+/m1/s1. The molecule has 0 bridgehead atoms. The molecule has 2 amide bonds. The first-order valence-corrected chi connectivity index (χ1v) is 8.75. The molecule has 1 aliphatic heterocycles. The largest absolute Gasteiger partial charge is 0.493 e. The van der Waals surface area contributed by atoms with Gasteiger partial charge in [0.25, 0.3) is 0 Å². The van der Waals surface area contributed by atoms with Crippen molar-refractivity contribution in [3.63, 3.8) is 0 Å². The number of urea groups is 1. The van der Waals surface area contributed by atoms with Crippen LogP contribution in [0, 0.1) is 0 Å². The van der Waals surface area contributed by atoms with Gasteiger partial charge in [-0.3, -0.25) is 0 Å². The van der Waals surface area contributed by atoms with Crippen LogP contribution in [-0.4, -0.2) is 23.7 Å². The Kier molecular flexibility index (Phi) is 4.81. The highest BCUT2D eigenvalue weighted by atomic mass is 32.1. The molecule has 3 rings (SSSR count). The van der Waals surface area contributed by atoms with Crippen LogP contribution >= 0.6 is 11.3 Å². The maximum Gasteiger partial charge on any atom is 0.315 e. The Labute approximate surface area is 140 Å². The summed E-state index contributed by atoms with van der Waals surface area (Å²) in [5.74, 6) is 1.10. The van der Waals surface area contributed by atoms with Crippen molar-refractivity contribution < 1.29 is 9.53 Å². The molecule has 6 heteroatoms. The maximum absolute atomic E-state index is 12.3. The van der Waals surface area contributed by atoms with Crippen molar-refractivity contribution in [3.8, 4) is 5.75 Å². The molecule has 122 valence electrons. The second kappa shape index (κ2) is 7.00. The quantitative estimate of drug-likeness (QED) is 0.882. The molecule has 0 aliphatic carbocycles. The SMILES string of the molecule is CC[C@H](NC(=O)N[C@H](C)[C@H]1COc2ccccc21)c1nccs1. The molecule has 0 fully saturated rings. The van der Waals surface area contributed by atoms with Crippen molar-refractivity contribution in [2.45, 2.75) is 38.3 Å². The van der Waals surface area contributed by atoms with Crippen LogP contribution in [0.2, 0.25) is 0 Å². The lowest BCUT2D eigenvalue weighted by atomic mass is 9.94. The van der Waals surface area contributed by atoms with E-state index < -0.39 is 0 Å². The summed E-state index contributed by atoms with van der Waals surface area (Å²) in [5.41, 5.74) is 1.16. The second-order valence-corrected chi connectivity index (χ2v) is 6.62. The fourth-order valence-electron chi connectivity index (χ4n) is 2.85. The molecule has 2 aromatic rings. The lowest BCUT2D eigenvalue weighted by Crippen LogP contribution is -2.44. The molecule has 2 N–H and O–H groups in total. The molecule has 1 aromatic carbocycles. The van der Waals surface area contributed by atoms with Gasteiger partial charge < -0.3 is 15.4 Å². The van der Waals surface area contributed by atoms with Crippen molar-refractivity contribution in [2.24, 2.45) is 0 Å². The molecule has 0 spiro atoms. The molecule has 5 nitrogen and oxygen atoms in total. The first-order chi connectivity index (χ1) is 11.2. The summed E-state index contributed by atoms with van der Waals surface area (Å²) in [5, 5.41) is 8.90. The number of aromatic nitrogens is 1. The van der Waals surface area contributed by atoms with E-state index in [-0.39, 0.29) is 24.0 Å². The number of nitrogens with one attached hydrogen (secondary N) is 2. The Morgan fingerprint density at radius 3 is 3.00 bits per heavy atom. The number of carbonyl (C=O) groups is 1. The number of rotatable bonds is 5. The van der Waals surface area contributed by atoms with E-state index in [1.54, 1.807) is 17.5 Å². The first-order valence-electron chi connectivity index (χ1n) is 7.87. The van der Waals surface area contributed by atoms with Crippen LogP contribution in [0.25, 0.3) is 0 Å². The molecule has 1 aromatic heterocycles. The number of thiazole rings is 1. The Morgan fingerprint density at radius 1 is 1.43 bits per heavy atom. The zero-order valence-electron chi connectivity index (χ0n) is 13.3. The van der Waals surface area contributed by atoms with Gasteiger partial charge in [0.2, 0.25) is 0 Å². The number of amides is 2. The summed E-state index contributed by atoms with van der Waals surface area (Å²) in [4.78, 5) is 16.6. The summed E-state index contributed by atoms with van der Waals surface area (Å²) in [6, 6.07) is 7.78. The number of hydrogen-bond donors (Lipinski definition) is 2. The molecule has 0 saturated heterocycles. The first kappa shape index (κ1) is 15.8. The van der Waals surface area contributed by atoms with Crippen LogP contribution in [0.15, 0.2) is 35.8 Å². The zero-order valence-corrected chi connectivity index (χ0v) is 14.1. The van der Waals surface area contributed by atoms with E-state index >= 15 is 0 Å². The minimum Gasteiger partial charge on any atom is -0.493 e. The van der Waals surface area contributed by atoms with Crippen LogP contribution in [0.5, 0.6) is 5.75 Å². The highest BCUT2D eigenvalue weighted by molar-refractivity contribution is 7.09. The molecular weight excluding hydrogens is 310 g/mol. The predicted octanol–water partition coefficient (Wildman–Crippen LogP) is 3.46. The average Bonchev–Trinajstić information content (AvgIpc) is 3.21. The molecule has 23 heavy (non-hydrogen) atoms. The third-order valence-corrected chi connectivity index (χ3v) is 5.05. The van der Waals surface area contributed by atoms with Crippen LogP contribution in [0.3, 0.4) is 0 Å². The summed E-state index contributed by atoms with van der Waals surface area (Å²) in [6.07, 6.45) is 2.57. The van der Waals surface area contributed by atoms with E-state index in [9.17, 15) is 4.79 Å². The molecule has 3 atom stereocenters. The van der Waals surface area contributed by atoms with Crippen molar-refractivity contribution in [2.75, 3.05) is 6.61 Å². The third-order valence-electron chi connectivity index (χ3n) is 4.16. The molecule has 0 radical (unpaired) electrons. The zero-order chi connectivity index (χ0) is 16.2. The van der Waals surface area contributed by atoms with Crippen molar-refractivity contribution >= 4 is 17.4 Å². The summed E-state index contributed by atoms with van der Waals surface area (Å²) < 4.78 is 5.69. The Balaban J connectivity index is 1.60. The molecule has 0 saturated carbocycles. The minimum absolute atomic E-state index is 0.00699. The predicted molar refractivity (Wildman–Crippen MR) is 91.0 cm³/mol. The lowest BCUT2D eigenvalue weighted by molar-refractivity contribution is 0.229. The monoisotopic (exact) mass is 331 g/mol. The van der Waals surface area contributed by atoms with Gasteiger partial charge in [0, 0.05) is 29.1 Å². The van der Waals surface area contributed by atoms with E-state index in [1.165, 1.54) is 0 Å². The van der Waals surface area contributed by atoms with E-state index in [0.29, 0.717) is 6.61 Å². The van der Waals surface area contributed by atoms with Crippen LogP contribution < -0.4 is 15.4 Å². The normalized spacial score (nSPS) is 18.6. The fourth-order valence-corrected chi connectivity index (χ4v) is 3.63. The number of fused-ring (bicyclic) bond motifs is 1. The number of carbonyl (C=O) groups excluding carboxylic acids is 1. The van der Waals surface area contributed by atoms with Crippen LogP contribution in [-0.2, 0) is 0 Å². The minimum atomic E-state index is -0.163. The van der Waals surface area contributed by atoms with Crippen molar-refractivity contribution in [1.29, 1.82) is 0 Å². The number of nitrogens with zero attached hydrogens (tertiary/aromatic N) is 1. The molecule has 0 unspecified atom stereocenters. The Bertz CT molecular complexity index is 660. The average molecular weight is 331 g/mol. The number of ether oxygens (including phenoxy) is 1. The Hall–Kier alpha value is -2.08. The van der Waals surface area contributed by atoms with Gasteiger partial charge in [0.15, 0.2) is 0 Å². The van der Waals surface area contributed by atoms with Gasteiger partial charge in [-0.05, 0) is 19.4 Å². The van der Waals surface area contributed by atoms with Gasteiger partial charge in [-0.1, -0.05) is 25.1 Å². The highest BCUT2D eigenvalue weighted by Crippen LogP contribution is 2.35. The van der Waals surface area contributed by atoms with E-state index in [1.807, 2.05) is 37.4 Å². The van der Waals surface area contributed by atoms with Gasteiger partial charge in [-0.15, -0.1) is 11.3 Å². The topological polar surface area (TPSA) is 63.2 Å². The second-order valence-electron chi connectivity index (χ2n) is 5.69. The van der Waals surface area contributed by atoms with Crippen molar-refractivity contribution in [1.82, 2.24) is 15.6 Å². The van der Waals surface area contributed by atoms with Gasteiger partial charge in [0.1, 0.15) is 10.8 Å². The van der Waals surface area contributed by atoms with Gasteiger partial charge in [0.05, 0.1) is 12.6 Å². The van der Waals surface area contributed by atoms with Gasteiger partial charge >= 0.3 is 6.03 Å². The maximum atomic E-state index is 12.3. The molecule has 2 heterocycles. The third kappa shape index (κ3) is 3.47. The summed E-state index contributed by atoms with van der Waals surface area (Å²) >= 11 is 1.56. The van der Waals surface area contributed by atoms with Gasteiger partial charge in [-0.25, -0.2) is 9.78 Å². The lowest BCUT2D eigenvalue weighted by Gasteiger charge is -2.22. The molecular formula is C17H21N3O2S. The smallest absolute Gasteiger partial charge is 0.315 e. The van der Waals surface area contributed by atoms with Gasteiger partial charge in [-0.2, -0.15) is 0 Å². The fraction of sp³-hybridized carbons (Fsp3) is 0.412. The van der Waals surface area contributed by atoms with Crippen LogP contribution in [0.1, 0.15) is 42.8 Å². The summed E-state index contributed by atoms with van der Waals surface area (Å²) in [7, 11) is 0. The number of para-hydroxylation sites is 1. The van der Waals surface area contributed by atoms with E-state index in [2.05, 4.69) is 21.7 Å². The van der Waals surface area contributed by atoms with E-state index in [4.69, 9.17) is 4.74 Å². The van der Waals surface area contributed by atoms with Crippen molar-refractivity contribution in [3.05, 3.63) is 46.4 Å². The highest BCUT2D eigenvalue weighted by Gasteiger charge is 2.29. The Morgan fingerprint density at radius 2 is 2.26 bits per heavy atom. The molecule has 1 aliphatic rings. The van der Waals surface area contributed by atoms with E-state index in [0.717, 1.165) is 22.7 Å². The summed E-state index contributed by atoms with van der Waals surface area (Å²) in [6.45, 7) is 4.65. The number of hydrogen-bond acceptors (Lipinski definition) is 4.